The lowest BCUT2D eigenvalue weighted by Crippen LogP contribution is -2.13. The van der Waals surface area contributed by atoms with E-state index in [1.54, 1.807) is 0 Å². The Balaban J connectivity index is 4.19. The van der Waals surface area contributed by atoms with E-state index in [0.29, 0.717) is 6.16 Å². The Morgan fingerprint density at radius 2 is 0.466 bits per heavy atom. The van der Waals surface area contributed by atoms with Gasteiger partial charge in [0, 0.05) is 6.16 Å². The Hall–Kier alpha value is 0.150. The van der Waals surface area contributed by atoms with Gasteiger partial charge in [-0.3, -0.25) is 4.57 Å². The third-order valence-corrected chi connectivity index (χ3v) is 14.6. The van der Waals surface area contributed by atoms with Crippen molar-refractivity contribution in [2.75, 3.05) is 6.16 Å². The normalized spacial score (nSPS) is 13.4. The van der Waals surface area contributed by atoms with Gasteiger partial charge in [-0.25, -0.2) is 0 Å². The molecule has 1 N–H and O–H groups in total. The van der Waals surface area contributed by atoms with Crippen molar-refractivity contribution < 1.29 is 14.0 Å². The van der Waals surface area contributed by atoms with Crippen LogP contribution in [-0.2, 0) is 9.09 Å². The van der Waals surface area contributed by atoms with E-state index in [1.165, 1.54) is 276 Å². The molecule has 0 rings (SSSR count). The van der Waals surface area contributed by atoms with Gasteiger partial charge in [-0.05, 0) is 19.3 Å². The van der Waals surface area contributed by atoms with Gasteiger partial charge < -0.3 is 9.42 Å². The SMILES string of the molecule is CCCCCCCCCCCCCCCCCCC(CCCCCCCCCCCCCCCCC)OP(=O)(O)CCCCCCCCCCCCCCCCCC. The highest BCUT2D eigenvalue weighted by Gasteiger charge is 2.24. The van der Waals surface area contributed by atoms with E-state index in [-0.39, 0.29) is 6.10 Å². The minimum atomic E-state index is -3.52. The molecule has 4 heteroatoms. The van der Waals surface area contributed by atoms with E-state index in [1.807, 2.05) is 0 Å². The molecule has 0 fully saturated rings. The predicted octanol–water partition coefficient (Wildman–Crippen LogP) is 20.7. The lowest BCUT2D eigenvalue weighted by atomic mass is 10.0. The minimum absolute atomic E-state index is 0.0366. The van der Waals surface area contributed by atoms with Gasteiger partial charge in [0.1, 0.15) is 0 Å². The van der Waals surface area contributed by atoms with Crippen LogP contribution in [-0.4, -0.2) is 17.2 Å². The smallest absolute Gasteiger partial charge is 0.324 e. The summed E-state index contributed by atoms with van der Waals surface area (Å²) in [5.74, 6) is 0. The third-order valence-electron chi connectivity index (χ3n) is 13.1. The van der Waals surface area contributed by atoms with E-state index in [4.69, 9.17) is 4.52 Å². The topological polar surface area (TPSA) is 46.5 Å². The highest BCUT2D eigenvalue weighted by atomic mass is 31.2. The molecule has 0 heterocycles. The van der Waals surface area contributed by atoms with Gasteiger partial charge in [0.2, 0.25) is 0 Å². The van der Waals surface area contributed by atoms with Crippen molar-refractivity contribution in [1.29, 1.82) is 0 Å². The second-order valence-electron chi connectivity index (χ2n) is 19.2. The molecule has 0 aliphatic heterocycles. The molecular weight excluding hydrogens is 728 g/mol. The van der Waals surface area contributed by atoms with Crippen LogP contribution in [0.4, 0.5) is 0 Å². The second-order valence-corrected chi connectivity index (χ2v) is 21.2. The zero-order chi connectivity index (χ0) is 42.1. The number of hydrogen-bond acceptors (Lipinski definition) is 2. The summed E-state index contributed by atoms with van der Waals surface area (Å²) in [4.78, 5) is 10.9. The summed E-state index contributed by atoms with van der Waals surface area (Å²) < 4.78 is 19.4. The second kappa shape index (κ2) is 49.8. The van der Waals surface area contributed by atoms with Crippen LogP contribution in [0.1, 0.15) is 335 Å². The first-order valence-electron chi connectivity index (χ1n) is 27.6. The molecular formula is C54H111O3P. The van der Waals surface area contributed by atoms with E-state index in [9.17, 15) is 9.46 Å². The monoisotopic (exact) mass is 839 g/mol. The van der Waals surface area contributed by atoms with E-state index in [2.05, 4.69) is 20.8 Å². The van der Waals surface area contributed by atoms with Crippen LogP contribution >= 0.6 is 7.60 Å². The van der Waals surface area contributed by atoms with Crippen molar-refractivity contribution in [3.8, 4) is 0 Å². The molecule has 0 aliphatic rings. The van der Waals surface area contributed by atoms with Crippen LogP contribution in [0.2, 0.25) is 0 Å². The van der Waals surface area contributed by atoms with Crippen LogP contribution in [0.25, 0.3) is 0 Å². The largest absolute Gasteiger partial charge is 0.328 e. The summed E-state index contributed by atoms with van der Waals surface area (Å²) in [5, 5.41) is 0. The maximum atomic E-state index is 13.2. The standard InChI is InChI=1S/C54H111O3P/c1-4-7-10-13-16-19-22-25-28-31-34-37-40-43-46-49-52-54(51-48-45-42-39-36-33-30-27-24-21-18-15-12-9-6-3)57-58(55,56)53-50-47-44-41-38-35-32-29-26-23-20-17-14-11-8-5-2/h54H,4-53H2,1-3H3,(H,55,56). The minimum Gasteiger partial charge on any atom is -0.324 e. The number of rotatable bonds is 52. The molecule has 3 nitrogen and oxygen atoms in total. The number of hydrogen-bond donors (Lipinski definition) is 1. The summed E-state index contributed by atoms with van der Waals surface area (Å²) in [6.07, 6.45) is 66.0. The summed E-state index contributed by atoms with van der Waals surface area (Å²) in [6, 6.07) is 0. The Bertz CT molecular complexity index is 786. The van der Waals surface area contributed by atoms with Gasteiger partial charge in [0.15, 0.2) is 0 Å². The molecule has 0 bridgehead atoms. The fourth-order valence-corrected chi connectivity index (χ4v) is 10.5. The first kappa shape index (κ1) is 58.1. The molecule has 0 spiro atoms. The predicted molar refractivity (Wildman–Crippen MR) is 263 cm³/mol. The molecule has 2 atom stereocenters. The molecule has 0 aromatic heterocycles. The van der Waals surface area contributed by atoms with Gasteiger partial charge in [-0.2, -0.15) is 0 Å². The van der Waals surface area contributed by atoms with E-state index < -0.39 is 7.60 Å². The molecule has 350 valence electrons. The Labute approximate surface area is 367 Å². The highest BCUT2D eigenvalue weighted by Crippen LogP contribution is 2.46. The maximum absolute atomic E-state index is 13.2. The van der Waals surface area contributed by atoms with Crippen LogP contribution < -0.4 is 0 Å². The summed E-state index contributed by atoms with van der Waals surface area (Å²) in [6.45, 7) is 6.89. The average Bonchev–Trinajstić information content (AvgIpc) is 3.21. The Morgan fingerprint density at radius 1 is 0.293 bits per heavy atom. The van der Waals surface area contributed by atoms with Gasteiger partial charge in [-0.15, -0.1) is 0 Å². The van der Waals surface area contributed by atoms with Crippen molar-refractivity contribution >= 4 is 7.60 Å². The van der Waals surface area contributed by atoms with Crippen molar-refractivity contribution in [3.05, 3.63) is 0 Å². The Kier molecular flexibility index (Phi) is 49.9. The molecule has 0 radical (unpaired) electrons. The van der Waals surface area contributed by atoms with E-state index >= 15 is 0 Å². The molecule has 0 saturated carbocycles. The first-order valence-corrected chi connectivity index (χ1v) is 29.3. The summed E-state index contributed by atoms with van der Waals surface area (Å²) in [7, 11) is -3.52. The number of unbranched alkanes of at least 4 members (excludes halogenated alkanes) is 44. The first-order chi connectivity index (χ1) is 28.6. The van der Waals surface area contributed by atoms with Crippen molar-refractivity contribution in [2.45, 2.75) is 341 Å². The van der Waals surface area contributed by atoms with Crippen molar-refractivity contribution in [2.24, 2.45) is 0 Å². The summed E-state index contributed by atoms with van der Waals surface area (Å²) in [5.41, 5.74) is 0. The van der Waals surface area contributed by atoms with Crippen LogP contribution in [0.15, 0.2) is 0 Å². The molecule has 0 aliphatic carbocycles. The molecule has 58 heavy (non-hydrogen) atoms. The fourth-order valence-electron chi connectivity index (χ4n) is 9.06. The molecule has 0 saturated heterocycles. The lowest BCUT2D eigenvalue weighted by molar-refractivity contribution is 0.149. The van der Waals surface area contributed by atoms with Gasteiger partial charge >= 0.3 is 7.60 Å². The van der Waals surface area contributed by atoms with E-state index in [0.717, 1.165) is 38.5 Å². The van der Waals surface area contributed by atoms with Crippen LogP contribution in [0.5, 0.6) is 0 Å². The lowest BCUT2D eigenvalue weighted by Gasteiger charge is -2.22. The maximum Gasteiger partial charge on any atom is 0.328 e. The van der Waals surface area contributed by atoms with Gasteiger partial charge in [-0.1, -0.05) is 316 Å². The molecule has 0 aromatic carbocycles. The Morgan fingerprint density at radius 3 is 0.672 bits per heavy atom. The average molecular weight is 839 g/mol. The van der Waals surface area contributed by atoms with Crippen molar-refractivity contribution in [1.82, 2.24) is 0 Å². The van der Waals surface area contributed by atoms with Crippen LogP contribution in [0.3, 0.4) is 0 Å². The highest BCUT2D eigenvalue weighted by molar-refractivity contribution is 7.52. The van der Waals surface area contributed by atoms with Crippen molar-refractivity contribution in [3.63, 3.8) is 0 Å². The zero-order valence-electron chi connectivity index (χ0n) is 40.6. The fraction of sp³-hybridized carbons (Fsp3) is 1.00. The van der Waals surface area contributed by atoms with Crippen LogP contribution in [0, 0.1) is 0 Å². The quantitative estimate of drug-likeness (QED) is 0.0490. The summed E-state index contributed by atoms with van der Waals surface area (Å²) >= 11 is 0. The zero-order valence-corrected chi connectivity index (χ0v) is 41.5. The molecule has 0 aromatic rings. The third kappa shape index (κ3) is 48.8. The van der Waals surface area contributed by atoms with Gasteiger partial charge in [0.05, 0.1) is 6.10 Å². The molecule has 2 unspecified atom stereocenters. The van der Waals surface area contributed by atoms with Gasteiger partial charge in [0.25, 0.3) is 0 Å². The molecule has 0 amide bonds.